The van der Waals surface area contributed by atoms with Gasteiger partial charge in [-0.1, -0.05) is 12.1 Å². The monoisotopic (exact) mass is 331 g/mol. The third-order valence-electron chi connectivity index (χ3n) is 3.63. The Balaban J connectivity index is 2.06. The number of hydrogen-bond donors (Lipinski definition) is 1. The summed E-state index contributed by atoms with van der Waals surface area (Å²) in [6.07, 6.45) is 1.63. The number of carbonyl (C=O) groups is 1. The van der Waals surface area contributed by atoms with Crippen LogP contribution in [0, 0.1) is 12.7 Å². The molecule has 1 N–H and O–H groups in total. The number of nitrogens with one attached hydrogen (secondary N) is 1. The molecule has 6 heteroatoms. The Morgan fingerprint density at radius 2 is 2.17 bits per heavy atom. The van der Waals surface area contributed by atoms with Gasteiger partial charge in [0, 0.05) is 26.4 Å². The zero-order chi connectivity index (χ0) is 17.5. The summed E-state index contributed by atoms with van der Waals surface area (Å²) in [6.45, 7) is 3.78. The summed E-state index contributed by atoms with van der Waals surface area (Å²) in [5.74, 6) is -0.613. The summed E-state index contributed by atoms with van der Waals surface area (Å²) >= 11 is 0. The predicted octanol–water partition coefficient (Wildman–Crippen LogP) is 2.86. The van der Waals surface area contributed by atoms with Gasteiger partial charge in [-0.05, 0) is 43.3 Å². The highest BCUT2D eigenvalue weighted by Gasteiger charge is 2.14. The lowest BCUT2D eigenvalue weighted by Gasteiger charge is -2.16. The van der Waals surface area contributed by atoms with Gasteiger partial charge in [0.1, 0.15) is 11.6 Å². The molecule has 1 amide bonds. The first-order valence-corrected chi connectivity index (χ1v) is 7.70. The molecule has 0 unspecified atom stereocenters. The van der Waals surface area contributed by atoms with Crippen LogP contribution in [0.15, 0.2) is 36.5 Å². The zero-order valence-electron chi connectivity index (χ0n) is 14.2. The fourth-order valence-electron chi connectivity index (χ4n) is 2.29. The molecule has 1 aromatic carbocycles. The number of pyridine rings is 1. The minimum Gasteiger partial charge on any atom is -0.383 e. The SMILES string of the molecule is COCCN(C)Cc1ccnc(NC(=O)c2cccc(C)c2F)c1. The minimum atomic E-state index is -0.509. The first kappa shape index (κ1) is 18.0. The van der Waals surface area contributed by atoms with E-state index in [1.807, 2.05) is 13.1 Å². The zero-order valence-corrected chi connectivity index (χ0v) is 14.2. The largest absolute Gasteiger partial charge is 0.383 e. The molecule has 1 aromatic heterocycles. The second-order valence-corrected chi connectivity index (χ2v) is 5.67. The molecule has 0 bridgehead atoms. The highest BCUT2D eigenvalue weighted by atomic mass is 19.1. The maximum atomic E-state index is 14.0. The number of benzene rings is 1. The lowest BCUT2D eigenvalue weighted by Crippen LogP contribution is -2.22. The van der Waals surface area contributed by atoms with Crippen LogP contribution >= 0.6 is 0 Å². The Hall–Kier alpha value is -2.31. The Labute approximate surface area is 141 Å². The number of nitrogens with zero attached hydrogens (tertiary/aromatic N) is 2. The molecular formula is C18H22FN3O2. The Morgan fingerprint density at radius 3 is 2.92 bits per heavy atom. The molecule has 0 radical (unpaired) electrons. The number of methoxy groups -OCH3 is 1. The van der Waals surface area contributed by atoms with Gasteiger partial charge in [-0.25, -0.2) is 9.37 Å². The number of amides is 1. The highest BCUT2D eigenvalue weighted by molar-refractivity contribution is 6.04. The smallest absolute Gasteiger partial charge is 0.259 e. The lowest BCUT2D eigenvalue weighted by molar-refractivity contribution is 0.102. The summed E-state index contributed by atoms with van der Waals surface area (Å²) in [5.41, 5.74) is 1.45. The lowest BCUT2D eigenvalue weighted by atomic mass is 10.1. The van der Waals surface area contributed by atoms with Gasteiger partial charge < -0.3 is 10.1 Å². The molecule has 0 saturated heterocycles. The van der Waals surface area contributed by atoms with Crippen molar-refractivity contribution >= 4 is 11.7 Å². The average Bonchev–Trinajstić information content (AvgIpc) is 2.55. The normalized spacial score (nSPS) is 10.9. The summed E-state index contributed by atoms with van der Waals surface area (Å²) in [5, 5.41) is 2.65. The molecule has 128 valence electrons. The van der Waals surface area contributed by atoms with E-state index in [1.54, 1.807) is 38.4 Å². The molecular weight excluding hydrogens is 309 g/mol. The van der Waals surface area contributed by atoms with Gasteiger partial charge >= 0.3 is 0 Å². The van der Waals surface area contributed by atoms with Crippen LogP contribution in [0.25, 0.3) is 0 Å². The number of likely N-dealkylation sites (N-methyl/N-ethyl adjacent to an activating group) is 1. The Bertz CT molecular complexity index is 706. The third kappa shape index (κ3) is 4.84. The number of aryl methyl sites for hydroxylation is 1. The van der Waals surface area contributed by atoms with Gasteiger partial charge in [0.15, 0.2) is 0 Å². The number of hydrogen-bond acceptors (Lipinski definition) is 4. The van der Waals surface area contributed by atoms with Crippen LogP contribution in [0.3, 0.4) is 0 Å². The number of rotatable bonds is 7. The maximum absolute atomic E-state index is 14.0. The molecule has 0 aliphatic rings. The van der Waals surface area contributed by atoms with E-state index in [0.717, 1.165) is 12.1 Å². The van der Waals surface area contributed by atoms with E-state index in [0.29, 0.717) is 24.5 Å². The summed E-state index contributed by atoms with van der Waals surface area (Å²) in [7, 11) is 3.65. The van der Waals surface area contributed by atoms with E-state index in [4.69, 9.17) is 4.74 Å². The van der Waals surface area contributed by atoms with Gasteiger partial charge in [0.25, 0.3) is 5.91 Å². The Morgan fingerprint density at radius 1 is 1.38 bits per heavy atom. The number of aromatic nitrogens is 1. The topological polar surface area (TPSA) is 54.5 Å². The van der Waals surface area contributed by atoms with Crippen molar-refractivity contribution in [1.82, 2.24) is 9.88 Å². The standard InChI is InChI=1S/C18H22FN3O2/c1-13-5-4-6-15(17(13)19)18(23)21-16-11-14(7-8-20-16)12-22(2)9-10-24-3/h4-8,11H,9-10,12H2,1-3H3,(H,20,21,23). The molecule has 0 aliphatic heterocycles. The first-order valence-electron chi connectivity index (χ1n) is 7.70. The second kappa shape index (κ2) is 8.52. The molecule has 1 heterocycles. The van der Waals surface area contributed by atoms with Crippen molar-refractivity contribution in [3.8, 4) is 0 Å². The molecule has 2 rings (SSSR count). The number of carbonyl (C=O) groups excluding carboxylic acids is 1. The van der Waals surface area contributed by atoms with Crippen LogP contribution in [0.5, 0.6) is 0 Å². The van der Waals surface area contributed by atoms with Crippen LogP contribution in [-0.2, 0) is 11.3 Å². The highest BCUT2D eigenvalue weighted by Crippen LogP contribution is 2.15. The third-order valence-corrected chi connectivity index (χ3v) is 3.63. The van der Waals surface area contributed by atoms with Crippen LogP contribution in [0.1, 0.15) is 21.5 Å². The predicted molar refractivity (Wildman–Crippen MR) is 91.5 cm³/mol. The first-order chi connectivity index (χ1) is 11.5. The van der Waals surface area contributed by atoms with E-state index in [9.17, 15) is 9.18 Å². The van der Waals surface area contributed by atoms with Gasteiger partial charge in [-0.3, -0.25) is 9.69 Å². The molecule has 5 nitrogen and oxygen atoms in total. The second-order valence-electron chi connectivity index (χ2n) is 5.67. The van der Waals surface area contributed by atoms with E-state index in [2.05, 4.69) is 15.2 Å². The van der Waals surface area contributed by atoms with Crippen molar-refractivity contribution in [2.75, 3.05) is 32.6 Å². The fourth-order valence-corrected chi connectivity index (χ4v) is 2.29. The van der Waals surface area contributed by atoms with Gasteiger partial charge in [0.2, 0.25) is 0 Å². The van der Waals surface area contributed by atoms with E-state index >= 15 is 0 Å². The van der Waals surface area contributed by atoms with Crippen molar-refractivity contribution < 1.29 is 13.9 Å². The Kier molecular flexibility index (Phi) is 6.40. The molecule has 0 saturated carbocycles. The van der Waals surface area contributed by atoms with Crippen LogP contribution < -0.4 is 5.32 Å². The maximum Gasteiger partial charge on any atom is 0.259 e. The van der Waals surface area contributed by atoms with Crippen molar-refractivity contribution in [2.45, 2.75) is 13.5 Å². The summed E-state index contributed by atoms with van der Waals surface area (Å²) in [4.78, 5) is 18.5. The fraction of sp³-hybridized carbons (Fsp3) is 0.333. The summed E-state index contributed by atoms with van der Waals surface area (Å²) in [6, 6.07) is 8.41. The minimum absolute atomic E-state index is 0.0133. The summed E-state index contributed by atoms with van der Waals surface area (Å²) < 4.78 is 19.1. The van der Waals surface area contributed by atoms with Gasteiger partial charge in [0.05, 0.1) is 12.2 Å². The number of halogens is 1. The number of ether oxygens (including phenoxy) is 1. The van der Waals surface area contributed by atoms with Gasteiger partial charge in [-0.15, -0.1) is 0 Å². The average molecular weight is 331 g/mol. The van der Waals surface area contributed by atoms with Crippen molar-refractivity contribution in [1.29, 1.82) is 0 Å². The molecule has 0 atom stereocenters. The molecule has 0 aliphatic carbocycles. The van der Waals surface area contributed by atoms with Crippen molar-refractivity contribution in [3.63, 3.8) is 0 Å². The van der Waals surface area contributed by atoms with Crippen molar-refractivity contribution in [2.24, 2.45) is 0 Å². The van der Waals surface area contributed by atoms with Crippen LogP contribution in [0.2, 0.25) is 0 Å². The van der Waals surface area contributed by atoms with E-state index < -0.39 is 11.7 Å². The quantitative estimate of drug-likeness (QED) is 0.848. The van der Waals surface area contributed by atoms with Crippen molar-refractivity contribution in [3.05, 3.63) is 59.0 Å². The van der Waals surface area contributed by atoms with E-state index in [1.165, 1.54) is 6.07 Å². The molecule has 0 fully saturated rings. The van der Waals surface area contributed by atoms with Crippen LogP contribution in [-0.4, -0.2) is 43.1 Å². The van der Waals surface area contributed by atoms with Gasteiger partial charge in [-0.2, -0.15) is 0 Å². The van der Waals surface area contributed by atoms with E-state index in [-0.39, 0.29) is 5.56 Å². The number of anilines is 1. The molecule has 2 aromatic rings. The molecule has 0 spiro atoms. The molecule has 24 heavy (non-hydrogen) atoms. The van der Waals surface area contributed by atoms with Crippen LogP contribution in [0.4, 0.5) is 10.2 Å².